The minimum absolute atomic E-state index is 0.322. The van der Waals surface area contributed by atoms with E-state index in [1.807, 2.05) is 30.3 Å². The van der Waals surface area contributed by atoms with Gasteiger partial charge in [-0.1, -0.05) is 42.5 Å². The topological polar surface area (TPSA) is 23.5 Å². The second-order valence-corrected chi connectivity index (χ2v) is 5.22. The second-order valence-electron chi connectivity index (χ2n) is 5.22. The maximum Gasteiger partial charge on any atom is 0.118 e. The molecule has 0 unspecified atom stereocenters. The maximum atomic E-state index is 9.99. The molecular weight excluding hydrogens is 246 g/mol. The first-order chi connectivity index (χ1) is 9.83. The van der Waals surface area contributed by atoms with Gasteiger partial charge < -0.3 is 10.0 Å². The van der Waals surface area contributed by atoms with E-state index in [4.69, 9.17) is 0 Å². The summed E-state index contributed by atoms with van der Waals surface area (Å²) in [5.41, 5.74) is 3.72. The minimum atomic E-state index is 0.322. The van der Waals surface area contributed by atoms with E-state index in [-0.39, 0.29) is 0 Å². The second kappa shape index (κ2) is 4.27. The van der Waals surface area contributed by atoms with Gasteiger partial charge in [0, 0.05) is 23.7 Å². The number of anilines is 2. The molecule has 2 heteroatoms. The number of rotatable bonds is 1. The van der Waals surface area contributed by atoms with E-state index in [1.54, 1.807) is 0 Å². The summed E-state index contributed by atoms with van der Waals surface area (Å²) >= 11 is 0. The van der Waals surface area contributed by atoms with Crippen LogP contribution in [-0.2, 0) is 6.42 Å². The normalized spacial score (nSPS) is 13.7. The number of fused-ring (bicyclic) bond motifs is 2. The van der Waals surface area contributed by atoms with E-state index in [0.29, 0.717) is 5.75 Å². The maximum absolute atomic E-state index is 9.99. The van der Waals surface area contributed by atoms with Crippen LogP contribution in [0.15, 0.2) is 60.7 Å². The van der Waals surface area contributed by atoms with Crippen molar-refractivity contribution in [3.8, 4) is 5.75 Å². The fraction of sp³-hybridized carbons (Fsp3) is 0.111. The molecule has 1 aliphatic heterocycles. The largest absolute Gasteiger partial charge is 0.508 e. The van der Waals surface area contributed by atoms with Crippen molar-refractivity contribution in [3.63, 3.8) is 0 Å². The van der Waals surface area contributed by atoms with E-state index in [0.717, 1.165) is 24.0 Å². The number of benzene rings is 3. The average molecular weight is 261 g/mol. The number of aromatic hydroxyl groups is 1. The molecule has 3 aromatic rings. The molecule has 2 nitrogen and oxygen atoms in total. The van der Waals surface area contributed by atoms with Crippen LogP contribution < -0.4 is 4.90 Å². The number of hydrogen-bond donors (Lipinski definition) is 1. The molecule has 98 valence electrons. The number of phenolic OH excluding ortho intramolecular Hbond substituents is 1. The summed E-state index contributed by atoms with van der Waals surface area (Å²) in [7, 11) is 0. The van der Waals surface area contributed by atoms with Crippen molar-refractivity contribution in [1.29, 1.82) is 0 Å². The standard InChI is InChI=1S/C18H15NO/c20-15-11-14-6-1-3-7-16(14)18(12-15)19-10-9-13-5-2-4-8-17(13)19/h1-8,11-12,20H,9-10H2. The highest BCUT2D eigenvalue weighted by molar-refractivity contribution is 5.98. The van der Waals surface area contributed by atoms with E-state index in [1.165, 1.54) is 16.6 Å². The number of nitrogens with zero attached hydrogens (tertiary/aromatic N) is 1. The smallest absolute Gasteiger partial charge is 0.118 e. The number of para-hydroxylation sites is 1. The van der Waals surface area contributed by atoms with Gasteiger partial charge in [0.15, 0.2) is 0 Å². The Labute approximate surface area is 117 Å². The first kappa shape index (κ1) is 11.4. The first-order valence-electron chi connectivity index (χ1n) is 6.90. The van der Waals surface area contributed by atoms with Crippen molar-refractivity contribution in [2.24, 2.45) is 0 Å². The summed E-state index contributed by atoms with van der Waals surface area (Å²) < 4.78 is 0. The Morgan fingerprint density at radius 2 is 1.65 bits per heavy atom. The molecule has 0 radical (unpaired) electrons. The van der Waals surface area contributed by atoms with E-state index < -0.39 is 0 Å². The third-order valence-electron chi connectivity index (χ3n) is 4.00. The Bertz CT molecular complexity index is 794. The monoisotopic (exact) mass is 261 g/mol. The summed E-state index contributed by atoms with van der Waals surface area (Å²) in [5.74, 6) is 0.322. The summed E-state index contributed by atoms with van der Waals surface area (Å²) in [5, 5.41) is 12.3. The van der Waals surface area contributed by atoms with Crippen LogP contribution in [0.25, 0.3) is 10.8 Å². The minimum Gasteiger partial charge on any atom is -0.508 e. The molecule has 0 amide bonds. The lowest BCUT2D eigenvalue weighted by Crippen LogP contribution is -2.13. The highest BCUT2D eigenvalue weighted by atomic mass is 16.3. The van der Waals surface area contributed by atoms with Gasteiger partial charge in [-0.15, -0.1) is 0 Å². The molecule has 0 saturated heterocycles. The lowest BCUT2D eigenvalue weighted by atomic mass is 10.1. The van der Waals surface area contributed by atoms with Gasteiger partial charge in [-0.25, -0.2) is 0 Å². The highest BCUT2D eigenvalue weighted by Crippen LogP contribution is 2.39. The van der Waals surface area contributed by atoms with Crippen LogP contribution in [0, 0.1) is 0 Å². The number of phenols is 1. The van der Waals surface area contributed by atoms with Gasteiger partial charge in [-0.05, 0) is 29.5 Å². The van der Waals surface area contributed by atoms with Gasteiger partial charge in [0.25, 0.3) is 0 Å². The quantitative estimate of drug-likeness (QED) is 0.708. The van der Waals surface area contributed by atoms with Gasteiger partial charge in [0.1, 0.15) is 5.75 Å². The zero-order chi connectivity index (χ0) is 13.5. The Morgan fingerprint density at radius 1 is 0.850 bits per heavy atom. The fourth-order valence-corrected chi connectivity index (χ4v) is 3.09. The van der Waals surface area contributed by atoms with Gasteiger partial charge in [0.2, 0.25) is 0 Å². The molecule has 3 aromatic carbocycles. The summed E-state index contributed by atoms with van der Waals surface area (Å²) in [6, 6.07) is 20.4. The third kappa shape index (κ3) is 1.65. The Kier molecular flexibility index (Phi) is 2.43. The zero-order valence-corrected chi connectivity index (χ0v) is 11.1. The predicted octanol–water partition coefficient (Wildman–Crippen LogP) is 4.24. The molecule has 1 N–H and O–H groups in total. The summed E-state index contributed by atoms with van der Waals surface area (Å²) in [6.07, 6.45) is 1.06. The van der Waals surface area contributed by atoms with Crippen LogP contribution in [0.5, 0.6) is 5.75 Å². The van der Waals surface area contributed by atoms with Crippen LogP contribution in [0.3, 0.4) is 0 Å². The van der Waals surface area contributed by atoms with E-state index >= 15 is 0 Å². The molecule has 1 heterocycles. The highest BCUT2D eigenvalue weighted by Gasteiger charge is 2.21. The van der Waals surface area contributed by atoms with E-state index in [2.05, 4.69) is 35.2 Å². The number of hydrogen-bond acceptors (Lipinski definition) is 2. The van der Waals surface area contributed by atoms with Gasteiger partial charge >= 0.3 is 0 Å². The summed E-state index contributed by atoms with van der Waals surface area (Å²) in [6.45, 7) is 0.965. The molecule has 0 fully saturated rings. The molecule has 0 saturated carbocycles. The van der Waals surface area contributed by atoms with E-state index in [9.17, 15) is 5.11 Å². The van der Waals surface area contributed by atoms with Crippen LogP contribution in [0.2, 0.25) is 0 Å². The molecule has 0 atom stereocenters. The third-order valence-corrected chi connectivity index (χ3v) is 4.00. The molecule has 0 spiro atoms. The molecule has 4 rings (SSSR count). The Hall–Kier alpha value is -2.48. The van der Waals surface area contributed by atoms with Gasteiger partial charge in [0.05, 0.1) is 5.69 Å². The van der Waals surface area contributed by atoms with Crippen molar-refractivity contribution in [1.82, 2.24) is 0 Å². The Morgan fingerprint density at radius 3 is 2.60 bits per heavy atom. The van der Waals surface area contributed by atoms with Crippen LogP contribution in [0.4, 0.5) is 11.4 Å². The predicted molar refractivity (Wildman–Crippen MR) is 82.8 cm³/mol. The van der Waals surface area contributed by atoms with Crippen molar-refractivity contribution in [2.75, 3.05) is 11.4 Å². The molecule has 0 aliphatic carbocycles. The van der Waals surface area contributed by atoms with Crippen LogP contribution >= 0.6 is 0 Å². The lowest BCUT2D eigenvalue weighted by Gasteiger charge is -2.22. The SMILES string of the molecule is Oc1cc(N2CCc3ccccc32)c2ccccc2c1. The lowest BCUT2D eigenvalue weighted by molar-refractivity contribution is 0.476. The van der Waals surface area contributed by atoms with Gasteiger partial charge in [-0.2, -0.15) is 0 Å². The van der Waals surface area contributed by atoms with Crippen molar-refractivity contribution < 1.29 is 5.11 Å². The average Bonchev–Trinajstić information content (AvgIpc) is 2.90. The molecular formula is C18H15NO. The molecule has 20 heavy (non-hydrogen) atoms. The van der Waals surface area contributed by atoms with Crippen LogP contribution in [-0.4, -0.2) is 11.7 Å². The molecule has 0 bridgehead atoms. The van der Waals surface area contributed by atoms with Gasteiger partial charge in [-0.3, -0.25) is 0 Å². The Balaban J connectivity index is 1.96. The fourth-order valence-electron chi connectivity index (χ4n) is 3.09. The van der Waals surface area contributed by atoms with Crippen molar-refractivity contribution in [2.45, 2.75) is 6.42 Å². The zero-order valence-electron chi connectivity index (χ0n) is 11.1. The molecule has 1 aliphatic rings. The first-order valence-corrected chi connectivity index (χ1v) is 6.90. The summed E-state index contributed by atoms with van der Waals surface area (Å²) in [4.78, 5) is 2.30. The molecule has 0 aromatic heterocycles. The van der Waals surface area contributed by atoms with Crippen molar-refractivity contribution >= 4 is 22.1 Å². The van der Waals surface area contributed by atoms with Crippen LogP contribution in [0.1, 0.15) is 5.56 Å². The van der Waals surface area contributed by atoms with Crippen molar-refractivity contribution in [3.05, 3.63) is 66.2 Å².